The molecule has 1 amide bonds. The van der Waals surface area contributed by atoms with Crippen molar-refractivity contribution in [2.75, 3.05) is 18.9 Å². The molecule has 2 rings (SSSR count). The lowest BCUT2D eigenvalue weighted by Crippen LogP contribution is -2.42. The molecule has 104 valence electrons. The Kier molecular flexibility index (Phi) is 4.43. The summed E-state index contributed by atoms with van der Waals surface area (Å²) < 4.78 is 0. The molecule has 1 atom stereocenters. The van der Waals surface area contributed by atoms with Crippen LogP contribution in [-0.2, 0) is 0 Å². The van der Waals surface area contributed by atoms with E-state index in [1.54, 1.807) is 11.0 Å². The van der Waals surface area contributed by atoms with E-state index < -0.39 is 0 Å². The highest BCUT2D eigenvalue weighted by Crippen LogP contribution is 2.23. The number of aryl methyl sites for hydroxylation is 1. The molecular weight excluding hydrogens is 240 g/mol. The highest BCUT2D eigenvalue weighted by molar-refractivity contribution is 6.00. The normalized spacial score (nSPS) is 20.1. The maximum Gasteiger partial charge on any atom is 0.256 e. The smallest absolute Gasteiger partial charge is 0.256 e. The van der Waals surface area contributed by atoms with Crippen LogP contribution in [-0.4, -0.2) is 35.1 Å². The molecule has 4 nitrogen and oxygen atoms in total. The third kappa shape index (κ3) is 2.89. The molecule has 1 unspecified atom stereocenters. The van der Waals surface area contributed by atoms with Crippen LogP contribution in [0.25, 0.3) is 0 Å². The average molecular weight is 262 g/mol. The molecule has 0 bridgehead atoms. The summed E-state index contributed by atoms with van der Waals surface area (Å²) in [4.78, 5) is 14.5. The molecule has 0 spiro atoms. The Balaban J connectivity index is 2.30. The molecule has 0 aromatic heterocycles. The lowest BCUT2D eigenvalue weighted by atomic mass is 10.0. The van der Waals surface area contributed by atoms with Crippen LogP contribution in [0.1, 0.15) is 41.6 Å². The second-order valence-electron chi connectivity index (χ2n) is 5.22. The van der Waals surface area contributed by atoms with E-state index >= 15 is 0 Å². The maximum atomic E-state index is 12.7. The second kappa shape index (κ2) is 6.06. The van der Waals surface area contributed by atoms with Gasteiger partial charge < -0.3 is 15.7 Å². The highest BCUT2D eigenvalue weighted by Gasteiger charge is 2.27. The molecule has 19 heavy (non-hydrogen) atoms. The predicted octanol–water partition coefficient (Wildman–Crippen LogP) is 1.95. The molecule has 1 heterocycles. The van der Waals surface area contributed by atoms with Crippen molar-refractivity contribution in [1.29, 1.82) is 0 Å². The maximum absolute atomic E-state index is 12.7. The van der Waals surface area contributed by atoms with Crippen molar-refractivity contribution in [3.63, 3.8) is 0 Å². The van der Waals surface area contributed by atoms with Crippen molar-refractivity contribution in [1.82, 2.24) is 4.90 Å². The van der Waals surface area contributed by atoms with Crippen LogP contribution >= 0.6 is 0 Å². The molecule has 0 saturated carbocycles. The van der Waals surface area contributed by atoms with Crippen LogP contribution in [0, 0.1) is 6.92 Å². The highest BCUT2D eigenvalue weighted by atomic mass is 16.3. The number of hydrogen-bond donors (Lipinski definition) is 2. The molecule has 3 N–H and O–H groups in total. The monoisotopic (exact) mass is 262 g/mol. The van der Waals surface area contributed by atoms with E-state index in [9.17, 15) is 9.90 Å². The lowest BCUT2D eigenvalue weighted by Gasteiger charge is -2.29. The van der Waals surface area contributed by atoms with Crippen molar-refractivity contribution >= 4 is 11.6 Å². The first kappa shape index (κ1) is 13.9. The first-order valence-corrected chi connectivity index (χ1v) is 6.92. The Morgan fingerprint density at radius 3 is 2.89 bits per heavy atom. The number of hydrogen-bond acceptors (Lipinski definition) is 3. The summed E-state index contributed by atoms with van der Waals surface area (Å²) in [5, 5.41) is 9.50. The molecular formula is C15H22N2O2. The van der Waals surface area contributed by atoms with Gasteiger partial charge in [-0.1, -0.05) is 25.0 Å². The zero-order chi connectivity index (χ0) is 13.8. The number of amides is 1. The molecule has 1 fully saturated rings. The number of benzene rings is 1. The van der Waals surface area contributed by atoms with Gasteiger partial charge in [-0.2, -0.15) is 0 Å². The van der Waals surface area contributed by atoms with E-state index in [0.29, 0.717) is 17.8 Å². The van der Waals surface area contributed by atoms with Crippen molar-refractivity contribution in [3.8, 4) is 0 Å². The fourth-order valence-electron chi connectivity index (χ4n) is 2.76. The summed E-state index contributed by atoms with van der Waals surface area (Å²) in [5.74, 6) is -0.0449. The van der Waals surface area contributed by atoms with Crippen molar-refractivity contribution in [2.24, 2.45) is 0 Å². The third-order valence-corrected chi connectivity index (χ3v) is 3.87. The van der Waals surface area contributed by atoms with Crippen molar-refractivity contribution in [3.05, 3.63) is 29.3 Å². The number of aliphatic hydroxyl groups excluding tert-OH is 1. The van der Waals surface area contributed by atoms with E-state index in [-0.39, 0.29) is 18.6 Å². The van der Waals surface area contributed by atoms with Gasteiger partial charge in [-0.3, -0.25) is 4.79 Å². The zero-order valence-corrected chi connectivity index (χ0v) is 11.4. The van der Waals surface area contributed by atoms with Gasteiger partial charge in [0.2, 0.25) is 0 Å². The number of carbonyl (C=O) groups is 1. The summed E-state index contributed by atoms with van der Waals surface area (Å²) in [6, 6.07) is 5.43. The molecule has 0 aliphatic carbocycles. The Labute approximate surface area is 114 Å². The van der Waals surface area contributed by atoms with Crippen LogP contribution in [0.15, 0.2) is 18.2 Å². The number of carbonyl (C=O) groups excluding carboxylic acids is 1. The molecule has 1 aromatic carbocycles. The van der Waals surface area contributed by atoms with Crippen molar-refractivity contribution < 1.29 is 9.90 Å². The van der Waals surface area contributed by atoms with E-state index in [4.69, 9.17) is 5.73 Å². The summed E-state index contributed by atoms with van der Waals surface area (Å²) in [6.07, 6.45) is 4.05. The van der Waals surface area contributed by atoms with Crippen LogP contribution in [0.2, 0.25) is 0 Å². The van der Waals surface area contributed by atoms with E-state index in [2.05, 4.69) is 0 Å². The Bertz CT molecular complexity index is 439. The van der Waals surface area contributed by atoms with Gasteiger partial charge in [0.15, 0.2) is 0 Å². The summed E-state index contributed by atoms with van der Waals surface area (Å²) in [5.41, 5.74) is 7.94. The molecule has 0 radical (unpaired) electrons. The predicted molar refractivity (Wildman–Crippen MR) is 76.0 cm³/mol. The summed E-state index contributed by atoms with van der Waals surface area (Å²) >= 11 is 0. The zero-order valence-electron chi connectivity index (χ0n) is 11.4. The average Bonchev–Trinajstić information content (AvgIpc) is 2.63. The lowest BCUT2D eigenvalue weighted by molar-refractivity contribution is 0.0600. The first-order valence-electron chi connectivity index (χ1n) is 6.92. The Hall–Kier alpha value is -1.55. The minimum absolute atomic E-state index is 0.0253. The molecule has 4 heteroatoms. The first-order chi connectivity index (χ1) is 9.15. The van der Waals surface area contributed by atoms with E-state index in [0.717, 1.165) is 31.2 Å². The summed E-state index contributed by atoms with van der Waals surface area (Å²) in [6.45, 7) is 2.63. The number of aliphatic hydroxyl groups is 1. The van der Waals surface area contributed by atoms with Gasteiger partial charge in [-0.25, -0.2) is 0 Å². The fourth-order valence-corrected chi connectivity index (χ4v) is 2.76. The van der Waals surface area contributed by atoms with Gasteiger partial charge >= 0.3 is 0 Å². The summed E-state index contributed by atoms with van der Waals surface area (Å²) in [7, 11) is 0. The number of rotatable bonds is 2. The standard InChI is InChI=1S/C15H22N2O2/c1-11-6-5-8-13(16)14(11)15(19)17-9-4-2-3-7-12(17)10-18/h5-6,8,12,18H,2-4,7,9-10,16H2,1H3. The van der Waals surface area contributed by atoms with Crippen LogP contribution in [0.4, 0.5) is 5.69 Å². The number of nitrogens with two attached hydrogens (primary N) is 1. The number of anilines is 1. The fraction of sp³-hybridized carbons (Fsp3) is 0.533. The number of likely N-dealkylation sites (tertiary alicyclic amines) is 1. The van der Waals surface area contributed by atoms with Crippen molar-refractivity contribution in [2.45, 2.75) is 38.6 Å². The van der Waals surface area contributed by atoms with Crippen LogP contribution in [0.5, 0.6) is 0 Å². The molecule has 1 aliphatic rings. The van der Waals surface area contributed by atoms with Gasteiger partial charge in [0.05, 0.1) is 18.2 Å². The number of nitrogens with zero attached hydrogens (tertiary/aromatic N) is 1. The molecule has 1 aromatic rings. The molecule has 1 aliphatic heterocycles. The quantitative estimate of drug-likeness (QED) is 0.801. The topological polar surface area (TPSA) is 66.6 Å². The Morgan fingerprint density at radius 1 is 1.42 bits per heavy atom. The van der Waals surface area contributed by atoms with Gasteiger partial charge in [-0.05, 0) is 31.4 Å². The second-order valence-corrected chi connectivity index (χ2v) is 5.22. The van der Waals surface area contributed by atoms with E-state index in [1.165, 1.54) is 0 Å². The van der Waals surface area contributed by atoms with Gasteiger partial charge in [-0.15, -0.1) is 0 Å². The van der Waals surface area contributed by atoms with Gasteiger partial charge in [0.25, 0.3) is 5.91 Å². The molecule has 1 saturated heterocycles. The van der Waals surface area contributed by atoms with Gasteiger partial charge in [0.1, 0.15) is 0 Å². The van der Waals surface area contributed by atoms with E-state index in [1.807, 2.05) is 19.1 Å². The third-order valence-electron chi connectivity index (χ3n) is 3.87. The van der Waals surface area contributed by atoms with Crippen LogP contribution in [0.3, 0.4) is 0 Å². The Morgan fingerprint density at radius 2 is 2.21 bits per heavy atom. The minimum atomic E-state index is -0.0750. The van der Waals surface area contributed by atoms with Gasteiger partial charge in [0, 0.05) is 12.2 Å². The SMILES string of the molecule is Cc1cccc(N)c1C(=O)N1CCCCCC1CO. The van der Waals surface area contributed by atoms with Crippen LogP contribution < -0.4 is 5.73 Å². The largest absolute Gasteiger partial charge is 0.398 e. The number of nitrogen functional groups attached to an aromatic ring is 1. The minimum Gasteiger partial charge on any atom is -0.398 e.